The second-order valence-corrected chi connectivity index (χ2v) is 7.84. The predicted molar refractivity (Wildman–Crippen MR) is 120 cm³/mol. The fourth-order valence-corrected chi connectivity index (χ4v) is 4.03. The summed E-state index contributed by atoms with van der Waals surface area (Å²) in [5.74, 6) is 0.406. The summed E-state index contributed by atoms with van der Waals surface area (Å²) in [7, 11) is 4.44. The molecule has 8 heteroatoms. The van der Waals surface area contributed by atoms with Gasteiger partial charge in [0.2, 0.25) is 5.75 Å². The first-order valence-corrected chi connectivity index (χ1v) is 11.4. The van der Waals surface area contributed by atoms with Crippen LogP contribution in [0.4, 0.5) is 0 Å². The minimum atomic E-state index is -0.744. The maximum Gasteiger partial charge on any atom is 0.342 e. The molecule has 3 atom stereocenters. The Hall–Kier alpha value is -2.03. The fourth-order valence-electron chi connectivity index (χ4n) is 4.03. The van der Waals surface area contributed by atoms with Gasteiger partial charge in [-0.1, -0.05) is 13.3 Å². The SMILES string of the molecule is CCC[C@@H](C[C@@H](O)Cc1cc(OC)c(OC)c(OC)c1C(=O)OCC)OC1CCCCO1. The predicted octanol–water partition coefficient (Wildman–Crippen LogP) is 3.89. The van der Waals surface area contributed by atoms with E-state index in [0.717, 1.165) is 32.1 Å². The van der Waals surface area contributed by atoms with Gasteiger partial charge in [-0.2, -0.15) is 0 Å². The van der Waals surface area contributed by atoms with E-state index in [0.29, 0.717) is 30.1 Å². The van der Waals surface area contributed by atoms with Crippen molar-refractivity contribution in [2.45, 2.75) is 77.3 Å². The number of aliphatic hydroxyl groups is 1. The van der Waals surface area contributed by atoms with Crippen LogP contribution < -0.4 is 14.2 Å². The van der Waals surface area contributed by atoms with Crippen LogP contribution in [0.1, 0.15) is 68.3 Å². The topological polar surface area (TPSA) is 92.7 Å². The lowest BCUT2D eigenvalue weighted by atomic mass is 9.95. The third-order valence-corrected chi connectivity index (χ3v) is 5.47. The van der Waals surface area contributed by atoms with E-state index in [1.165, 1.54) is 21.3 Å². The van der Waals surface area contributed by atoms with Gasteiger partial charge in [-0.15, -0.1) is 0 Å². The molecule has 0 radical (unpaired) electrons. The van der Waals surface area contributed by atoms with E-state index in [4.69, 9.17) is 28.4 Å². The summed E-state index contributed by atoms with van der Waals surface area (Å²) in [6, 6.07) is 1.69. The zero-order valence-electron chi connectivity index (χ0n) is 20.0. The van der Waals surface area contributed by atoms with Crippen LogP contribution in [0, 0.1) is 0 Å². The fraction of sp³-hybridized carbons (Fsp3) is 0.708. The van der Waals surface area contributed by atoms with E-state index in [9.17, 15) is 9.90 Å². The summed E-state index contributed by atoms with van der Waals surface area (Å²) in [5.41, 5.74) is 0.796. The molecule has 0 aliphatic carbocycles. The molecule has 1 fully saturated rings. The van der Waals surface area contributed by atoms with Crippen molar-refractivity contribution in [1.29, 1.82) is 0 Å². The molecule has 0 aromatic heterocycles. The number of hydrogen-bond donors (Lipinski definition) is 1. The van der Waals surface area contributed by atoms with Gasteiger partial charge < -0.3 is 33.5 Å². The van der Waals surface area contributed by atoms with E-state index in [1.807, 2.05) is 0 Å². The molecule has 1 aromatic rings. The number of methoxy groups -OCH3 is 3. The lowest BCUT2D eigenvalue weighted by Crippen LogP contribution is -2.31. The first-order valence-electron chi connectivity index (χ1n) is 11.4. The highest BCUT2D eigenvalue weighted by atomic mass is 16.7. The number of esters is 1. The molecule has 1 N–H and O–H groups in total. The van der Waals surface area contributed by atoms with Crippen molar-refractivity contribution in [3.05, 3.63) is 17.2 Å². The van der Waals surface area contributed by atoms with Crippen molar-refractivity contribution < 1.29 is 38.3 Å². The molecule has 1 aliphatic rings. The molecule has 0 spiro atoms. The molecular weight excluding hydrogens is 416 g/mol. The maximum atomic E-state index is 12.8. The summed E-state index contributed by atoms with van der Waals surface area (Å²) >= 11 is 0. The number of carbonyl (C=O) groups is 1. The molecule has 0 amide bonds. The first kappa shape index (κ1) is 26.2. The molecule has 1 saturated heterocycles. The van der Waals surface area contributed by atoms with Crippen LogP contribution in [0.5, 0.6) is 17.2 Å². The van der Waals surface area contributed by atoms with Crippen molar-refractivity contribution in [3.8, 4) is 17.2 Å². The Bertz CT molecular complexity index is 714. The molecule has 1 aromatic carbocycles. The highest BCUT2D eigenvalue weighted by Gasteiger charge is 2.29. The van der Waals surface area contributed by atoms with Crippen molar-refractivity contribution in [3.63, 3.8) is 0 Å². The zero-order chi connectivity index (χ0) is 23.5. The van der Waals surface area contributed by atoms with Gasteiger partial charge in [-0.05, 0) is 57.1 Å². The number of aliphatic hydroxyl groups excluding tert-OH is 1. The number of carbonyl (C=O) groups excluding carboxylic acids is 1. The molecule has 8 nitrogen and oxygen atoms in total. The minimum Gasteiger partial charge on any atom is -0.493 e. The standard InChI is InChI=1S/C24H38O8/c1-6-10-18(32-20-11-8-9-12-31-20)15-17(25)13-16-14-19(27-3)22(28-4)23(29-5)21(16)24(26)30-7-2/h14,17-18,20,25H,6-13,15H2,1-5H3/t17-,18-,20?/m0/s1. The van der Waals surface area contributed by atoms with Crippen molar-refractivity contribution in [1.82, 2.24) is 0 Å². The normalized spacial score (nSPS) is 18.0. The van der Waals surface area contributed by atoms with Crippen molar-refractivity contribution in [2.24, 2.45) is 0 Å². The number of hydrogen-bond acceptors (Lipinski definition) is 8. The average Bonchev–Trinajstić information content (AvgIpc) is 2.78. The van der Waals surface area contributed by atoms with E-state index < -0.39 is 12.1 Å². The molecule has 1 heterocycles. The lowest BCUT2D eigenvalue weighted by molar-refractivity contribution is -0.194. The average molecular weight is 455 g/mol. The molecule has 0 saturated carbocycles. The molecule has 1 unspecified atom stereocenters. The molecule has 32 heavy (non-hydrogen) atoms. The van der Waals surface area contributed by atoms with Crippen LogP contribution in [0.25, 0.3) is 0 Å². The third-order valence-electron chi connectivity index (χ3n) is 5.47. The van der Waals surface area contributed by atoms with Gasteiger partial charge in [0, 0.05) is 6.61 Å². The largest absolute Gasteiger partial charge is 0.493 e. The van der Waals surface area contributed by atoms with Crippen molar-refractivity contribution >= 4 is 5.97 Å². The van der Waals surface area contributed by atoms with Crippen molar-refractivity contribution in [2.75, 3.05) is 34.5 Å². The quantitative estimate of drug-likeness (QED) is 0.449. The molecule has 182 valence electrons. The molecule has 0 bridgehead atoms. The summed E-state index contributed by atoms with van der Waals surface area (Å²) in [6.45, 7) is 4.74. The van der Waals surface area contributed by atoms with Gasteiger partial charge in [-0.3, -0.25) is 0 Å². The first-order chi connectivity index (χ1) is 15.5. The number of rotatable bonds is 13. The van der Waals surface area contributed by atoms with E-state index in [-0.39, 0.29) is 36.7 Å². The Morgan fingerprint density at radius 3 is 2.47 bits per heavy atom. The highest BCUT2D eigenvalue weighted by Crippen LogP contribution is 2.43. The maximum absolute atomic E-state index is 12.8. The summed E-state index contributed by atoms with van der Waals surface area (Å²) in [4.78, 5) is 12.8. The molecular formula is C24H38O8. The number of benzene rings is 1. The Balaban J connectivity index is 2.26. The smallest absolute Gasteiger partial charge is 0.342 e. The second kappa shape index (κ2) is 13.5. The van der Waals surface area contributed by atoms with E-state index >= 15 is 0 Å². The van der Waals surface area contributed by atoms with E-state index in [1.54, 1.807) is 13.0 Å². The van der Waals surface area contributed by atoms with Crippen LogP contribution in [0.15, 0.2) is 6.07 Å². The van der Waals surface area contributed by atoms with Gasteiger partial charge in [0.15, 0.2) is 17.8 Å². The Labute approximate surface area is 191 Å². The zero-order valence-corrected chi connectivity index (χ0v) is 20.0. The third kappa shape index (κ3) is 6.98. The summed E-state index contributed by atoms with van der Waals surface area (Å²) in [5, 5.41) is 10.9. The van der Waals surface area contributed by atoms with Crippen LogP contribution in [0.2, 0.25) is 0 Å². The Kier molecular flexibility index (Phi) is 11.1. The monoisotopic (exact) mass is 454 g/mol. The minimum absolute atomic E-state index is 0.133. The molecule has 2 rings (SSSR count). The van der Waals surface area contributed by atoms with Gasteiger partial charge in [0.1, 0.15) is 5.56 Å². The lowest BCUT2D eigenvalue weighted by Gasteiger charge is -2.29. The summed E-state index contributed by atoms with van der Waals surface area (Å²) < 4.78 is 33.4. The van der Waals surface area contributed by atoms with Gasteiger partial charge >= 0.3 is 5.97 Å². The Morgan fingerprint density at radius 2 is 1.91 bits per heavy atom. The Morgan fingerprint density at radius 1 is 1.16 bits per heavy atom. The van der Waals surface area contributed by atoms with Gasteiger partial charge in [0.05, 0.1) is 40.1 Å². The van der Waals surface area contributed by atoms with Crippen LogP contribution in [-0.4, -0.2) is 64.1 Å². The van der Waals surface area contributed by atoms with Crippen LogP contribution >= 0.6 is 0 Å². The number of ether oxygens (including phenoxy) is 6. The second-order valence-electron chi connectivity index (χ2n) is 7.84. The van der Waals surface area contributed by atoms with Gasteiger partial charge in [-0.25, -0.2) is 4.79 Å². The van der Waals surface area contributed by atoms with Crippen LogP contribution in [0.3, 0.4) is 0 Å². The van der Waals surface area contributed by atoms with Crippen LogP contribution in [-0.2, 0) is 20.6 Å². The summed E-state index contributed by atoms with van der Waals surface area (Å²) in [6.07, 6.45) is 4.29. The van der Waals surface area contributed by atoms with E-state index in [2.05, 4.69) is 6.92 Å². The highest BCUT2D eigenvalue weighted by molar-refractivity contribution is 5.96. The van der Waals surface area contributed by atoms with Gasteiger partial charge in [0.25, 0.3) is 0 Å². The molecule has 1 aliphatic heterocycles.